The van der Waals surface area contributed by atoms with Crippen molar-refractivity contribution in [3.8, 4) is 5.88 Å². The topological polar surface area (TPSA) is 48.4 Å². The van der Waals surface area contributed by atoms with E-state index < -0.39 is 6.16 Å². The zero-order chi connectivity index (χ0) is 13.5. The fourth-order valence-corrected chi connectivity index (χ4v) is 1.45. The highest BCUT2D eigenvalue weighted by Gasteiger charge is 2.04. The molecule has 4 nitrogen and oxygen atoms in total. The van der Waals surface area contributed by atoms with Crippen LogP contribution in [0.3, 0.4) is 0 Å². The molecule has 0 aliphatic carbocycles. The van der Waals surface area contributed by atoms with Gasteiger partial charge in [0, 0.05) is 6.07 Å². The summed E-state index contributed by atoms with van der Waals surface area (Å²) < 4.78 is 9.25. The lowest BCUT2D eigenvalue weighted by molar-refractivity contribution is 0.119. The van der Waals surface area contributed by atoms with E-state index in [2.05, 4.69) is 9.72 Å². The van der Waals surface area contributed by atoms with E-state index in [1.165, 1.54) is 7.11 Å². The molecule has 19 heavy (non-hydrogen) atoms. The molecule has 0 atom stereocenters. The maximum atomic E-state index is 11.0. The van der Waals surface area contributed by atoms with Gasteiger partial charge in [-0.2, -0.15) is 0 Å². The molecule has 0 bridgehead atoms. The summed E-state index contributed by atoms with van der Waals surface area (Å²) in [5.74, 6) is 0.210. The van der Waals surface area contributed by atoms with Gasteiger partial charge in [-0.25, -0.2) is 9.78 Å². The molecule has 1 aromatic carbocycles. The Balaban J connectivity index is 2.11. The van der Waals surface area contributed by atoms with Crippen molar-refractivity contribution in [3.05, 3.63) is 59.8 Å². The molecular formula is C15H13NO3. The van der Waals surface area contributed by atoms with E-state index in [0.717, 1.165) is 5.56 Å². The number of ether oxygens (including phenoxy) is 2. The molecule has 0 aliphatic heterocycles. The zero-order valence-electron chi connectivity index (χ0n) is 10.4. The van der Waals surface area contributed by atoms with Gasteiger partial charge < -0.3 is 9.47 Å². The Kier molecular flexibility index (Phi) is 4.29. The quantitative estimate of drug-likeness (QED) is 0.789. The van der Waals surface area contributed by atoms with E-state index in [-0.39, 0.29) is 5.88 Å². The summed E-state index contributed by atoms with van der Waals surface area (Å²) in [7, 11) is 1.25. The van der Waals surface area contributed by atoms with E-state index in [9.17, 15) is 4.79 Å². The molecule has 2 aromatic rings. The van der Waals surface area contributed by atoms with Crippen LogP contribution in [0.15, 0.2) is 48.5 Å². The lowest BCUT2D eigenvalue weighted by Gasteiger charge is -2.01. The van der Waals surface area contributed by atoms with Gasteiger partial charge in [0.25, 0.3) is 0 Å². The molecule has 0 fully saturated rings. The van der Waals surface area contributed by atoms with Crippen molar-refractivity contribution in [3.63, 3.8) is 0 Å². The second kappa shape index (κ2) is 6.35. The van der Waals surface area contributed by atoms with Crippen LogP contribution in [-0.2, 0) is 4.74 Å². The number of nitrogens with zero attached hydrogens (tertiary/aromatic N) is 1. The first-order valence-corrected chi connectivity index (χ1v) is 5.74. The first kappa shape index (κ1) is 12.8. The van der Waals surface area contributed by atoms with Gasteiger partial charge >= 0.3 is 6.16 Å². The maximum absolute atomic E-state index is 11.0. The summed E-state index contributed by atoms with van der Waals surface area (Å²) in [5, 5.41) is 0. The van der Waals surface area contributed by atoms with Gasteiger partial charge in [-0.3, -0.25) is 0 Å². The van der Waals surface area contributed by atoms with Gasteiger partial charge in [-0.15, -0.1) is 0 Å². The highest BCUT2D eigenvalue weighted by Crippen LogP contribution is 2.11. The molecular weight excluding hydrogens is 242 g/mol. The van der Waals surface area contributed by atoms with Gasteiger partial charge in [0.2, 0.25) is 5.88 Å². The van der Waals surface area contributed by atoms with Crippen LogP contribution in [0.5, 0.6) is 5.88 Å². The summed E-state index contributed by atoms with van der Waals surface area (Å²) in [5.41, 5.74) is 1.77. The first-order chi connectivity index (χ1) is 9.28. The van der Waals surface area contributed by atoms with Crippen LogP contribution in [-0.4, -0.2) is 18.2 Å². The van der Waals surface area contributed by atoms with E-state index in [1.807, 2.05) is 48.6 Å². The molecule has 1 heterocycles. The third-order valence-electron chi connectivity index (χ3n) is 2.35. The van der Waals surface area contributed by atoms with E-state index >= 15 is 0 Å². The van der Waals surface area contributed by atoms with Crippen molar-refractivity contribution < 1.29 is 14.3 Å². The third kappa shape index (κ3) is 3.96. The number of benzene rings is 1. The molecule has 0 saturated heterocycles. The van der Waals surface area contributed by atoms with Crippen LogP contribution >= 0.6 is 0 Å². The minimum Gasteiger partial charge on any atom is -0.437 e. The Bertz CT molecular complexity index is 579. The summed E-state index contributed by atoms with van der Waals surface area (Å²) in [6, 6.07) is 15.0. The number of hydrogen-bond acceptors (Lipinski definition) is 4. The third-order valence-corrected chi connectivity index (χ3v) is 2.35. The standard InChI is InChI=1S/C15H13NO3/c1-18-15(17)19-14-9-5-8-13(16-14)11-10-12-6-3-2-4-7-12/h2-11H,1H3. The summed E-state index contributed by atoms with van der Waals surface area (Å²) in [6.07, 6.45) is 3.00. The highest BCUT2D eigenvalue weighted by molar-refractivity contribution is 5.68. The first-order valence-electron chi connectivity index (χ1n) is 5.74. The molecule has 4 heteroatoms. The van der Waals surface area contributed by atoms with Crippen LogP contribution in [0.2, 0.25) is 0 Å². The average molecular weight is 255 g/mol. The predicted octanol–water partition coefficient (Wildman–Crippen LogP) is 3.40. The monoisotopic (exact) mass is 255 g/mol. The summed E-state index contributed by atoms with van der Waals surface area (Å²) in [4.78, 5) is 15.1. The fourth-order valence-electron chi connectivity index (χ4n) is 1.45. The number of carbonyl (C=O) groups excluding carboxylic acids is 1. The van der Waals surface area contributed by atoms with Gasteiger partial charge in [-0.1, -0.05) is 42.5 Å². The molecule has 2 rings (SSSR count). The molecule has 0 aliphatic rings. The maximum Gasteiger partial charge on any atom is 0.514 e. The fraction of sp³-hybridized carbons (Fsp3) is 0.0667. The van der Waals surface area contributed by atoms with E-state index in [0.29, 0.717) is 5.69 Å². The minimum atomic E-state index is -0.781. The van der Waals surface area contributed by atoms with Crippen LogP contribution in [0.1, 0.15) is 11.3 Å². The normalized spacial score (nSPS) is 10.4. The predicted molar refractivity (Wildman–Crippen MR) is 72.6 cm³/mol. The van der Waals surface area contributed by atoms with Crippen LogP contribution < -0.4 is 4.74 Å². The Morgan fingerprint density at radius 1 is 1.05 bits per heavy atom. The van der Waals surface area contributed by atoms with Crippen molar-refractivity contribution in [2.24, 2.45) is 0 Å². The van der Waals surface area contributed by atoms with Gasteiger partial charge in [0.05, 0.1) is 12.8 Å². The second-order valence-corrected chi connectivity index (χ2v) is 3.70. The lowest BCUT2D eigenvalue weighted by Crippen LogP contribution is -2.08. The van der Waals surface area contributed by atoms with Crippen molar-refractivity contribution in [1.82, 2.24) is 4.98 Å². The van der Waals surface area contributed by atoms with Crippen LogP contribution in [0, 0.1) is 0 Å². The molecule has 0 radical (unpaired) electrons. The molecule has 0 saturated carbocycles. The van der Waals surface area contributed by atoms with Gasteiger partial charge in [0.1, 0.15) is 0 Å². The average Bonchev–Trinajstić information content (AvgIpc) is 2.46. The molecule has 96 valence electrons. The number of methoxy groups -OCH3 is 1. The molecule has 0 spiro atoms. The van der Waals surface area contributed by atoms with E-state index in [1.54, 1.807) is 12.1 Å². The van der Waals surface area contributed by atoms with Crippen molar-refractivity contribution in [1.29, 1.82) is 0 Å². The van der Waals surface area contributed by atoms with Crippen molar-refractivity contribution in [2.45, 2.75) is 0 Å². The number of pyridine rings is 1. The van der Waals surface area contributed by atoms with Crippen LogP contribution in [0.25, 0.3) is 12.2 Å². The minimum absolute atomic E-state index is 0.210. The second-order valence-electron chi connectivity index (χ2n) is 3.70. The number of hydrogen-bond donors (Lipinski definition) is 0. The zero-order valence-corrected chi connectivity index (χ0v) is 10.4. The lowest BCUT2D eigenvalue weighted by atomic mass is 10.2. The largest absolute Gasteiger partial charge is 0.514 e. The Morgan fingerprint density at radius 3 is 2.58 bits per heavy atom. The SMILES string of the molecule is COC(=O)Oc1cccc(C=Cc2ccccc2)n1. The van der Waals surface area contributed by atoms with Crippen molar-refractivity contribution in [2.75, 3.05) is 7.11 Å². The Morgan fingerprint density at radius 2 is 1.84 bits per heavy atom. The van der Waals surface area contributed by atoms with Gasteiger partial charge in [0.15, 0.2) is 0 Å². The highest BCUT2D eigenvalue weighted by atomic mass is 16.7. The van der Waals surface area contributed by atoms with E-state index in [4.69, 9.17) is 4.74 Å². The summed E-state index contributed by atoms with van der Waals surface area (Å²) in [6.45, 7) is 0. The number of aromatic nitrogens is 1. The van der Waals surface area contributed by atoms with Crippen molar-refractivity contribution >= 4 is 18.3 Å². The molecule has 0 amide bonds. The number of rotatable bonds is 3. The molecule has 0 N–H and O–H groups in total. The summed E-state index contributed by atoms with van der Waals surface area (Å²) >= 11 is 0. The smallest absolute Gasteiger partial charge is 0.437 e. The van der Waals surface area contributed by atoms with Crippen LogP contribution in [0.4, 0.5) is 4.79 Å². The molecule has 1 aromatic heterocycles. The van der Waals surface area contributed by atoms with Gasteiger partial charge in [-0.05, 0) is 17.7 Å². The molecule has 0 unspecified atom stereocenters. The Hall–Kier alpha value is -2.62. The Labute approximate surface area is 111 Å². The number of carbonyl (C=O) groups is 1.